The lowest BCUT2D eigenvalue weighted by molar-refractivity contribution is 0.108. The van der Waals surface area contributed by atoms with Crippen LogP contribution >= 0.6 is 11.6 Å². The number of carbonyl (C=O) groups is 1. The third-order valence-corrected chi connectivity index (χ3v) is 2.17. The van der Waals surface area contributed by atoms with Crippen LogP contribution in [0.15, 0.2) is 27.8 Å². The van der Waals surface area contributed by atoms with Gasteiger partial charge >= 0.3 is 11.1 Å². The van der Waals surface area contributed by atoms with Crippen LogP contribution in [0, 0.1) is 0 Å². The molecule has 1 aromatic heterocycles. The highest BCUT2D eigenvalue weighted by Gasteiger charge is 2.04. The number of aromatic nitrogens is 2. The van der Waals surface area contributed by atoms with Crippen LogP contribution in [-0.4, -0.2) is 15.2 Å². The molecule has 0 radical (unpaired) electrons. The Morgan fingerprint density at radius 3 is 2.27 bits per heavy atom. The molecule has 0 spiro atoms. The molecule has 5 nitrogen and oxygen atoms in total. The van der Waals surface area contributed by atoms with Crippen molar-refractivity contribution in [3.05, 3.63) is 44.5 Å². The predicted molar refractivity (Wildman–Crippen MR) is 55.4 cm³/mol. The number of carbonyl (C=O) groups excluding carboxylic acids is 1. The molecule has 0 aliphatic heterocycles. The van der Waals surface area contributed by atoms with E-state index in [0.29, 0.717) is 11.0 Å². The largest absolute Gasteiger partial charge is 0.316 e. The Hall–Kier alpha value is -1.88. The van der Waals surface area contributed by atoms with Gasteiger partial charge < -0.3 is 9.97 Å². The first-order valence-electron chi connectivity index (χ1n) is 4.04. The van der Waals surface area contributed by atoms with Crippen LogP contribution in [0.2, 0.25) is 0 Å². The molecular formula is C9H5ClN2O3. The van der Waals surface area contributed by atoms with Crippen LogP contribution in [0.5, 0.6) is 0 Å². The third kappa shape index (κ3) is 1.69. The maximum absolute atomic E-state index is 11.0. The van der Waals surface area contributed by atoms with Crippen LogP contribution in [0.1, 0.15) is 10.4 Å². The molecule has 2 N–H and O–H groups in total. The van der Waals surface area contributed by atoms with Gasteiger partial charge in [0, 0.05) is 5.56 Å². The van der Waals surface area contributed by atoms with Gasteiger partial charge in [-0.2, -0.15) is 0 Å². The minimum absolute atomic E-state index is 0.256. The molecule has 0 fully saturated rings. The van der Waals surface area contributed by atoms with Gasteiger partial charge in [-0.3, -0.25) is 14.4 Å². The van der Waals surface area contributed by atoms with Crippen molar-refractivity contribution in [3.63, 3.8) is 0 Å². The summed E-state index contributed by atoms with van der Waals surface area (Å²) < 4.78 is 0. The van der Waals surface area contributed by atoms with Gasteiger partial charge in [0.2, 0.25) is 0 Å². The van der Waals surface area contributed by atoms with Gasteiger partial charge in [0.15, 0.2) is 0 Å². The molecule has 0 amide bonds. The quantitative estimate of drug-likeness (QED) is 0.550. The van der Waals surface area contributed by atoms with Crippen molar-refractivity contribution in [2.45, 2.75) is 0 Å². The molecule has 6 heteroatoms. The smallest absolute Gasteiger partial charge is 0.314 e. The average Bonchev–Trinajstić information content (AvgIpc) is 2.19. The van der Waals surface area contributed by atoms with Crippen molar-refractivity contribution in [2.24, 2.45) is 0 Å². The number of fused-ring (bicyclic) bond motifs is 1. The summed E-state index contributed by atoms with van der Waals surface area (Å²) in [7, 11) is 0. The summed E-state index contributed by atoms with van der Waals surface area (Å²) in [6.45, 7) is 0. The van der Waals surface area contributed by atoms with E-state index in [1.54, 1.807) is 0 Å². The zero-order valence-corrected chi connectivity index (χ0v) is 8.09. The molecule has 15 heavy (non-hydrogen) atoms. The van der Waals surface area contributed by atoms with Crippen molar-refractivity contribution < 1.29 is 4.79 Å². The van der Waals surface area contributed by atoms with Crippen molar-refractivity contribution in [1.82, 2.24) is 9.97 Å². The summed E-state index contributed by atoms with van der Waals surface area (Å²) in [6, 6.07) is 4.37. The van der Waals surface area contributed by atoms with Gasteiger partial charge in [-0.15, -0.1) is 0 Å². The molecule has 2 aromatic rings. The molecule has 0 aliphatic rings. The van der Waals surface area contributed by atoms with Crippen LogP contribution in [-0.2, 0) is 0 Å². The molecule has 1 heterocycles. The maximum Gasteiger partial charge on any atom is 0.314 e. The van der Waals surface area contributed by atoms with Crippen LogP contribution in [0.3, 0.4) is 0 Å². The van der Waals surface area contributed by atoms with E-state index < -0.39 is 16.4 Å². The minimum atomic E-state index is -0.762. The van der Waals surface area contributed by atoms with Gasteiger partial charge in [-0.1, -0.05) is 0 Å². The van der Waals surface area contributed by atoms with E-state index in [-0.39, 0.29) is 5.56 Å². The second-order valence-corrected chi connectivity index (χ2v) is 3.29. The standard InChI is InChI=1S/C9H5ClN2O3/c10-7(13)4-1-2-5-6(3-4)12-9(15)8(14)11-5/h1-3H,(H,11,14)(H,12,15). The predicted octanol–water partition coefficient (Wildman–Crippen LogP) is 0.595. The lowest BCUT2D eigenvalue weighted by Gasteiger charge is -1.98. The Morgan fingerprint density at radius 2 is 1.67 bits per heavy atom. The Bertz CT molecular complexity index is 656. The minimum Gasteiger partial charge on any atom is -0.316 e. The van der Waals surface area contributed by atoms with E-state index in [1.807, 2.05) is 0 Å². The highest BCUT2D eigenvalue weighted by atomic mass is 35.5. The maximum atomic E-state index is 11.0. The topological polar surface area (TPSA) is 82.8 Å². The van der Waals surface area contributed by atoms with Crippen LogP contribution < -0.4 is 11.1 Å². The SMILES string of the molecule is O=C(Cl)c1ccc2[nH]c(=O)c(=O)[nH]c2c1. The summed E-state index contributed by atoms with van der Waals surface area (Å²) in [5.41, 5.74) is -0.423. The van der Waals surface area contributed by atoms with Gasteiger partial charge in [-0.25, -0.2) is 0 Å². The Labute approximate surface area is 87.7 Å². The molecule has 0 atom stereocenters. The molecule has 2 rings (SSSR count). The number of halogens is 1. The Kier molecular flexibility index (Phi) is 2.17. The van der Waals surface area contributed by atoms with Gasteiger partial charge in [-0.05, 0) is 29.8 Å². The number of hydrogen-bond donors (Lipinski definition) is 2. The van der Waals surface area contributed by atoms with E-state index >= 15 is 0 Å². The first kappa shape index (κ1) is 9.67. The summed E-state index contributed by atoms with van der Waals surface area (Å²) in [5.74, 6) is 0. The number of benzene rings is 1. The molecule has 0 bridgehead atoms. The second kappa shape index (κ2) is 3.36. The molecule has 76 valence electrons. The van der Waals surface area contributed by atoms with E-state index in [2.05, 4.69) is 9.97 Å². The third-order valence-electron chi connectivity index (χ3n) is 1.95. The fourth-order valence-electron chi connectivity index (χ4n) is 1.24. The van der Waals surface area contributed by atoms with E-state index in [4.69, 9.17) is 11.6 Å². The van der Waals surface area contributed by atoms with Gasteiger partial charge in [0.25, 0.3) is 5.24 Å². The molecule has 0 aliphatic carbocycles. The van der Waals surface area contributed by atoms with Crippen LogP contribution in [0.25, 0.3) is 11.0 Å². The van der Waals surface area contributed by atoms with Gasteiger partial charge in [0.05, 0.1) is 11.0 Å². The van der Waals surface area contributed by atoms with Crippen molar-refractivity contribution in [1.29, 1.82) is 0 Å². The number of aromatic amines is 2. The number of H-pyrrole nitrogens is 2. The molecule has 0 unspecified atom stereocenters. The van der Waals surface area contributed by atoms with Crippen molar-refractivity contribution >= 4 is 27.9 Å². The number of nitrogens with one attached hydrogen (secondary N) is 2. The van der Waals surface area contributed by atoms with Crippen LogP contribution in [0.4, 0.5) is 0 Å². The molecule has 0 saturated carbocycles. The summed E-state index contributed by atoms with van der Waals surface area (Å²) in [4.78, 5) is 37.5. The summed E-state index contributed by atoms with van der Waals surface area (Å²) in [6.07, 6.45) is 0. The molecular weight excluding hydrogens is 220 g/mol. The normalized spacial score (nSPS) is 10.5. The van der Waals surface area contributed by atoms with E-state index in [9.17, 15) is 14.4 Å². The fourth-order valence-corrected chi connectivity index (χ4v) is 1.35. The lowest BCUT2D eigenvalue weighted by atomic mass is 10.2. The molecule has 0 saturated heterocycles. The average molecular weight is 225 g/mol. The van der Waals surface area contributed by atoms with Gasteiger partial charge in [0.1, 0.15) is 0 Å². The Morgan fingerprint density at radius 1 is 1.07 bits per heavy atom. The zero-order chi connectivity index (χ0) is 11.0. The summed E-state index contributed by atoms with van der Waals surface area (Å²) >= 11 is 5.27. The monoisotopic (exact) mass is 224 g/mol. The Balaban J connectivity index is 2.83. The summed E-state index contributed by atoms with van der Waals surface area (Å²) in [5, 5.41) is -0.621. The first-order chi connectivity index (χ1) is 7.08. The lowest BCUT2D eigenvalue weighted by Crippen LogP contribution is -2.28. The highest BCUT2D eigenvalue weighted by Crippen LogP contribution is 2.10. The zero-order valence-electron chi connectivity index (χ0n) is 7.33. The number of hydrogen-bond acceptors (Lipinski definition) is 3. The fraction of sp³-hybridized carbons (Fsp3) is 0. The number of rotatable bonds is 1. The van der Waals surface area contributed by atoms with Crippen molar-refractivity contribution in [3.8, 4) is 0 Å². The second-order valence-electron chi connectivity index (χ2n) is 2.94. The van der Waals surface area contributed by atoms with E-state index in [1.165, 1.54) is 18.2 Å². The molecule has 1 aromatic carbocycles. The van der Waals surface area contributed by atoms with E-state index in [0.717, 1.165) is 0 Å². The first-order valence-corrected chi connectivity index (χ1v) is 4.42. The van der Waals surface area contributed by atoms with Crippen molar-refractivity contribution in [2.75, 3.05) is 0 Å². The highest BCUT2D eigenvalue weighted by molar-refractivity contribution is 6.67.